The molecule has 20 heavy (non-hydrogen) atoms. The Kier molecular flexibility index (Phi) is 3.94. The average molecular weight is 293 g/mol. The first-order valence-corrected chi connectivity index (χ1v) is 6.48. The van der Waals surface area contributed by atoms with Gasteiger partial charge in [0.25, 0.3) is 0 Å². The van der Waals surface area contributed by atoms with Crippen LogP contribution in [0.5, 0.6) is 0 Å². The monoisotopic (exact) mass is 293 g/mol. The van der Waals surface area contributed by atoms with Crippen molar-refractivity contribution >= 4 is 27.0 Å². The van der Waals surface area contributed by atoms with E-state index in [0.717, 1.165) is 23.0 Å². The third-order valence-electron chi connectivity index (χ3n) is 2.67. The van der Waals surface area contributed by atoms with Crippen LogP contribution < -0.4 is 4.90 Å². The molecule has 1 aromatic heterocycles. The quantitative estimate of drug-likeness (QED) is 0.623. The molecule has 0 spiro atoms. The molecule has 2 aromatic rings. The molecule has 0 aliphatic carbocycles. The fourth-order valence-corrected chi connectivity index (χ4v) is 2.68. The summed E-state index contributed by atoms with van der Waals surface area (Å²) in [5, 5.41) is 21.8. The number of rotatable bonds is 5. The number of hydrogen-bond acceptors (Lipinski definition) is 6. The van der Waals surface area contributed by atoms with Crippen LogP contribution in [0.4, 0.5) is 15.7 Å². The van der Waals surface area contributed by atoms with E-state index in [2.05, 4.69) is 0 Å². The van der Waals surface area contributed by atoms with Crippen LogP contribution in [0.3, 0.4) is 0 Å². The number of hydrogen-bond donors (Lipinski definition) is 0. The molecule has 0 atom stereocenters. The number of nitrogens with zero attached hydrogens (tertiary/aromatic N) is 3. The van der Waals surface area contributed by atoms with Gasteiger partial charge in [-0.2, -0.15) is 0 Å². The van der Waals surface area contributed by atoms with Gasteiger partial charge in [-0.3, -0.25) is 20.2 Å². The second-order valence-corrected chi connectivity index (χ2v) is 5.14. The molecule has 0 aliphatic heterocycles. The van der Waals surface area contributed by atoms with Crippen molar-refractivity contribution in [2.45, 2.75) is 6.54 Å². The second kappa shape index (κ2) is 5.66. The summed E-state index contributed by atoms with van der Waals surface area (Å²) in [6.07, 6.45) is 0. The van der Waals surface area contributed by atoms with Crippen LogP contribution in [0.1, 0.15) is 5.56 Å². The van der Waals surface area contributed by atoms with E-state index in [-0.39, 0.29) is 15.7 Å². The molecule has 0 radical (unpaired) electrons. The predicted molar refractivity (Wildman–Crippen MR) is 76.2 cm³/mol. The third-order valence-corrected chi connectivity index (χ3v) is 3.86. The molecule has 8 heteroatoms. The molecule has 1 aromatic carbocycles. The lowest BCUT2D eigenvalue weighted by Crippen LogP contribution is -2.16. The van der Waals surface area contributed by atoms with E-state index < -0.39 is 9.85 Å². The van der Waals surface area contributed by atoms with Gasteiger partial charge >= 0.3 is 10.7 Å². The zero-order chi connectivity index (χ0) is 14.7. The van der Waals surface area contributed by atoms with Gasteiger partial charge in [-0.15, -0.1) is 0 Å². The van der Waals surface area contributed by atoms with Crippen LogP contribution in [0.2, 0.25) is 0 Å². The van der Waals surface area contributed by atoms with Crippen molar-refractivity contribution in [3.63, 3.8) is 0 Å². The van der Waals surface area contributed by atoms with Crippen LogP contribution in [-0.4, -0.2) is 16.9 Å². The number of thiophene rings is 1. The molecule has 0 unspecified atom stereocenters. The van der Waals surface area contributed by atoms with Crippen molar-refractivity contribution in [2.75, 3.05) is 11.9 Å². The van der Waals surface area contributed by atoms with Crippen molar-refractivity contribution in [1.82, 2.24) is 0 Å². The van der Waals surface area contributed by atoms with Gasteiger partial charge in [0.2, 0.25) is 0 Å². The summed E-state index contributed by atoms with van der Waals surface area (Å²) < 4.78 is 0. The molecular weight excluding hydrogens is 282 g/mol. The van der Waals surface area contributed by atoms with E-state index in [9.17, 15) is 20.2 Å². The molecule has 0 bridgehead atoms. The summed E-state index contributed by atoms with van der Waals surface area (Å²) in [4.78, 5) is 22.2. The van der Waals surface area contributed by atoms with E-state index >= 15 is 0 Å². The smallest absolute Gasteiger partial charge is 0.333 e. The fraction of sp³-hybridized carbons (Fsp3) is 0.167. The Morgan fingerprint density at radius 3 is 2.35 bits per heavy atom. The Hall–Kier alpha value is -2.48. The molecule has 104 valence electrons. The van der Waals surface area contributed by atoms with E-state index in [4.69, 9.17) is 0 Å². The zero-order valence-electron chi connectivity index (χ0n) is 10.6. The van der Waals surface area contributed by atoms with Gasteiger partial charge in [-0.25, -0.2) is 0 Å². The highest BCUT2D eigenvalue weighted by Gasteiger charge is 2.27. The lowest BCUT2D eigenvalue weighted by molar-refractivity contribution is -0.389. The normalized spacial score (nSPS) is 10.2. The van der Waals surface area contributed by atoms with Gasteiger partial charge in [-0.1, -0.05) is 30.3 Å². The summed E-state index contributed by atoms with van der Waals surface area (Å²) in [6, 6.07) is 10.4. The topological polar surface area (TPSA) is 89.5 Å². The van der Waals surface area contributed by atoms with Crippen LogP contribution in [0.15, 0.2) is 36.4 Å². The fourth-order valence-electron chi connectivity index (χ4n) is 1.78. The Morgan fingerprint density at radius 1 is 1.15 bits per heavy atom. The van der Waals surface area contributed by atoms with E-state index in [1.165, 1.54) is 0 Å². The van der Waals surface area contributed by atoms with Crippen molar-refractivity contribution in [3.8, 4) is 0 Å². The van der Waals surface area contributed by atoms with Gasteiger partial charge < -0.3 is 4.90 Å². The first-order valence-electron chi connectivity index (χ1n) is 5.66. The van der Waals surface area contributed by atoms with Crippen LogP contribution in [-0.2, 0) is 6.54 Å². The highest BCUT2D eigenvalue weighted by atomic mass is 32.1. The SMILES string of the molecule is CN(Cc1ccccc1)c1sc([N+](=O)[O-])cc1[N+](=O)[O-]. The summed E-state index contributed by atoms with van der Waals surface area (Å²) >= 11 is 0.808. The minimum Gasteiger partial charge on any atom is -0.356 e. The zero-order valence-corrected chi connectivity index (χ0v) is 11.4. The highest BCUT2D eigenvalue weighted by Crippen LogP contribution is 2.41. The summed E-state index contributed by atoms with van der Waals surface area (Å²) in [5.41, 5.74) is 0.737. The van der Waals surface area contributed by atoms with E-state index in [0.29, 0.717) is 6.54 Å². The molecule has 0 aliphatic rings. The first kappa shape index (κ1) is 13.9. The molecule has 0 N–H and O–H groups in total. The van der Waals surface area contributed by atoms with Crippen molar-refractivity contribution in [3.05, 3.63) is 62.2 Å². The highest BCUT2D eigenvalue weighted by molar-refractivity contribution is 7.19. The minimum absolute atomic E-state index is 0.230. The van der Waals surface area contributed by atoms with Crippen LogP contribution in [0, 0.1) is 20.2 Å². The lowest BCUT2D eigenvalue weighted by atomic mass is 10.2. The Morgan fingerprint density at radius 2 is 1.80 bits per heavy atom. The van der Waals surface area contributed by atoms with Crippen LogP contribution in [0.25, 0.3) is 0 Å². The number of nitro groups is 2. The second-order valence-electron chi connectivity index (χ2n) is 4.13. The van der Waals surface area contributed by atoms with Crippen molar-refractivity contribution < 1.29 is 9.85 Å². The molecule has 0 fully saturated rings. The molecule has 0 saturated heterocycles. The largest absolute Gasteiger partial charge is 0.356 e. The lowest BCUT2D eigenvalue weighted by Gasteiger charge is -2.16. The molecule has 0 saturated carbocycles. The number of anilines is 1. The van der Waals surface area contributed by atoms with Crippen LogP contribution >= 0.6 is 11.3 Å². The Labute approximate surface area is 118 Å². The van der Waals surface area contributed by atoms with Crippen molar-refractivity contribution in [2.24, 2.45) is 0 Å². The third kappa shape index (κ3) is 2.91. The summed E-state index contributed by atoms with van der Waals surface area (Å²) in [5.74, 6) is 0. The first-order chi connectivity index (χ1) is 9.49. The maximum Gasteiger partial charge on any atom is 0.333 e. The van der Waals surface area contributed by atoms with Gasteiger partial charge in [0, 0.05) is 13.6 Å². The average Bonchev–Trinajstić information content (AvgIpc) is 2.85. The van der Waals surface area contributed by atoms with Gasteiger partial charge in [0.15, 0.2) is 5.00 Å². The molecule has 1 heterocycles. The van der Waals surface area contributed by atoms with E-state index in [1.807, 2.05) is 30.3 Å². The molecule has 7 nitrogen and oxygen atoms in total. The van der Waals surface area contributed by atoms with Gasteiger partial charge in [0.05, 0.1) is 9.85 Å². The van der Waals surface area contributed by atoms with Gasteiger partial charge in [-0.05, 0) is 16.9 Å². The molecule has 2 rings (SSSR count). The maximum atomic E-state index is 11.0. The molecular formula is C12H11N3O4S. The van der Waals surface area contributed by atoms with E-state index in [1.54, 1.807) is 11.9 Å². The molecule has 0 amide bonds. The van der Waals surface area contributed by atoms with Gasteiger partial charge in [0.1, 0.15) is 6.07 Å². The summed E-state index contributed by atoms with van der Waals surface area (Å²) in [6.45, 7) is 0.444. The number of benzene rings is 1. The Balaban J connectivity index is 2.31. The minimum atomic E-state index is -0.614. The van der Waals surface area contributed by atoms with Crippen molar-refractivity contribution in [1.29, 1.82) is 0 Å². The summed E-state index contributed by atoms with van der Waals surface area (Å²) in [7, 11) is 1.68. The predicted octanol–water partition coefficient (Wildman–Crippen LogP) is 3.20. The maximum absolute atomic E-state index is 11.0. The standard InChI is InChI=1S/C12H11N3O4S/c1-13(8-9-5-3-2-4-6-9)12-10(14(16)17)7-11(20-12)15(18)19/h2-7H,8H2,1H3. The Bertz CT molecular complexity index is 641.